The van der Waals surface area contributed by atoms with E-state index in [1.54, 1.807) is 42.4 Å². The summed E-state index contributed by atoms with van der Waals surface area (Å²) in [7, 11) is 0. The van der Waals surface area contributed by atoms with Crippen LogP contribution in [-0.2, 0) is 11.3 Å². The van der Waals surface area contributed by atoms with E-state index in [0.29, 0.717) is 29.8 Å². The summed E-state index contributed by atoms with van der Waals surface area (Å²) in [5, 5.41) is 2.91. The van der Waals surface area contributed by atoms with Gasteiger partial charge in [-0.2, -0.15) is 0 Å². The molecule has 0 radical (unpaired) electrons. The Labute approximate surface area is 212 Å². The Bertz CT molecular complexity index is 1430. The first-order chi connectivity index (χ1) is 17.4. The van der Waals surface area contributed by atoms with Crippen molar-refractivity contribution in [3.63, 3.8) is 0 Å². The first kappa shape index (κ1) is 23.5. The van der Waals surface area contributed by atoms with Gasteiger partial charge in [0.2, 0.25) is 0 Å². The first-order valence-electron chi connectivity index (χ1n) is 11.4. The highest BCUT2D eigenvalue weighted by atomic mass is 32.1. The van der Waals surface area contributed by atoms with Crippen molar-refractivity contribution in [2.24, 2.45) is 0 Å². The van der Waals surface area contributed by atoms with Crippen LogP contribution in [-0.4, -0.2) is 32.4 Å². The molecule has 10 heteroatoms. The molecule has 2 aliphatic rings. The Morgan fingerprint density at radius 3 is 2.67 bits per heavy atom. The van der Waals surface area contributed by atoms with Crippen LogP contribution in [0.3, 0.4) is 0 Å². The molecule has 3 heterocycles. The van der Waals surface area contributed by atoms with Crippen LogP contribution < -0.4 is 15.1 Å². The van der Waals surface area contributed by atoms with Crippen LogP contribution in [0.1, 0.15) is 40.7 Å². The molecule has 0 unspecified atom stereocenters. The third kappa shape index (κ3) is 3.78. The number of carbonyl (C=O) groups excluding carboxylic acids is 2. The van der Waals surface area contributed by atoms with E-state index in [-0.39, 0.29) is 28.9 Å². The molecule has 2 fully saturated rings. The lowest BCUT2D eigenvalue weighted by atomic mass is 9.75. The van der Waals surface area contributed by atoms with Crippen molar-refractivity contribution in [2.45, 2.75) is 38.3 Å². The second-order valence-electron chi connectivity index (χ2n) is 8.80. The summed E-state index contributed by atoms with van der Waals surface area (Å²) in [6, 6.07) is 9.53. The second kappa shape index (κ2) is 9.09. The molecule has 5 rings (SSSR count). The second-order valence-corrected chi connectivity index (χ2v) is 9.16. The van der Waals surface area contributed by atoms with E-state index in [1.807, 2.05) is 6.07 Å². The molecule has 1 aromatic carbocycles. The van der Waals surface area contributed by atoms with Gasteiger partial charge in [-0.15, -0.1) is 4.98 Å². The molecule has 1 saturated carbocycles. The van der Waals surface area contributed by atoms with Gasteiger partial charge in [0.25, 0.3) is 17.6 Å². The van der Waals surface area contributed by atoms with Crippen LogP contribution in [0.2, 0.25) is 0 Å². The molecule has 36 heavy (non-hydrogen) atoms. The molecule has 1 saturated heterocycles. The van der Waals surface area contributed by atoms with Gasteiger partial charge in [-0.1, -0.05) is 12.6 Å². The van der Waals surface area contributed by atoms with Gasteiger partial charge in [0.1, 0.15) is 17.6 Å². The summed E-state index contributed by atoms with van der Waals surface area (Å²) in [5.74, 6) is -1.21. The number of rotatable bonds is 5. The Hall–Kier alpha value is -4.23. The fourth-order valence-corrected chi connectivity index (χ4v) is 5.08. The Morgan fingerprint density at radius 1 is 1.25 bits per heavy atom. The van der Waals surface area contributed by atoms with Crippen LogP contribution in [0.15, 0.2) is 55.0 Å². The molecule has 3 aromatic rings. The van der Waals surface area contributed by atoms with Gasteiger partial charge in [-0.25, -0.2) is 4.39 Å². The van der Waals surface area contributed by atoms with E-state index in [9.17, 15) is 9.59 Å². The first-order valence-corrected chi connectivity index (χ1v) is 11.8. The van der Waals surface area contributed by atoms with Crippen molar-refractivity contribution in [3.05, 3.63) is 88.9 Å². The largest absolute Gasteiger partial charge is 0.360 e. The maximum atomic E-state index is 15.2. The van der Waals surface area contributed by atoms with E-state index in [1.165, 1.54) is 23.2 Å². The van der Waals surface area contributed by atoms with Crippen molar-refractivity contribution >= 4 is 46.3 Å². The van der Waals surface area contributed by atoms with Crippen molar-refractivity contribution in [1.82, 2.24) is 15.3 Å². The number of hydrogen-bond acceptors (Lipinski definition) is 5. The number of halogens is 1. The maximum Gasteiger partial charge on any atom is 0.272 e. The van der Waals surface area contributed by atoms with E-state index >= 15 is 4.39 Å². The number of nitrogens with zero attached hydrogens (tertiary/aromatic N) is 5. The van der Waals surface area contributed by atoms with E-state index in [4.69, 9.17) is 18.8 Å². The normalized spacial score (nSPS) is 16.1. The molecule has 2 aromatic heterocycles. The van der Waals surface area contributed by atoms with Gasteiger partial charge in [-0.05, 0) is 79.9 Å². The van der Waals surface area contributed by atoms with Crippen LogP contribution >= 0.6 is 12.2 Å². The minimum absolute atomic E-state index is 0.104. The number of nitrogens with one attached hydrogen (secondary N) is 1. The van der Waals surface area contributed by atoms with Crippen molar-refractivity contribution in [3.8, 4) is 0 Å². The molecule has 1 aliphatic carbocycles. The molecule has 0 atom stereocenters. The van der Waals surface area contributed by atoms with Crippen molar-refractivity contribution < 1.29 is 14.0 Å². The smallest absolute Gasteiger partial charge is 0.272 e. The predicted octanol–water partition coefficient (Wildman–Crippen LogP) is 4.47. The highest BCUT2D eigenvalue weighted by Gasteiger charge is 2.59. The number of aromatic nitrogens is 2. The zero-order valence-corrected chi connectivity index (χ0v) is 20.2. The lowest BCUT2D eigenvalue weighted by Crippen LogP contribution is -2.55. The number of thiocarbonyl (C=S) groups is 1. The number of benzene rings is 1. The summed E-state index contributed by atoms with van der Waals surface area (Å²) in [6.07, 6.45) is 6.70. The minimum Gasteiger partial charge on any atom is -0.360 e. The number of hydrogen-bond donors (Lipinski definition) is 1. The Morgan fingerprint density at radius 2 is 2.06 bits per heavy atom. The maximum absolute atomic E-state index is 15.2. The monoisotopic (exact) mass is 500 g/mol. The van der Waals surface area contributed by atoms with E-state index in [0.717, 1.165) is 12.0 Å². The lowest BCUT2D eigenvalue weighted by molar-refractivity contribution is -0.123. The molecular weight excluding hydrogens is 479 g/mol. The lowest BCUT2D eigenvalue weighted by Gasteiger charge is -2.43. The van der Waals surface area contributed by atoms with Crippen molar-refractivity contribution in [1.29, 1.82) is 0 Å². The van der Waals surface area contributed by atoms with Gasteiger partial charge in [0.05, 0.1) is 11.3 Å². The number of amides is 2. The third-order valence-corrected chi connectivity index (χ3v) is 6.99. The summed E-state index contributed by atoms with van der Waals surface area (Å²) in [6.45, 7) is 9.18. The van der Waals surface area contributed by atoms with E-state index < -0.39 is 17.3 Å². The Balaban J connectivity index is 1.43. The SMILES string of the molecule is [C-]#[N+]c1ncc(N2C(=O)C3(CCC3)N(c3ccc(C(=O)NCc4cccnc4)c(F)c3)C2=S)cc1C. The number of pyridine rings is 2. The van der Waals surface area contributed by atoms with Crippen LogP contribution in [0.5, 0.6) is 0 Å². The van der Waals surface area contributed by atoms with Gasteiger partial charge >= 0.3 is 0 Å². The minimum atomic E-state index is -0.903. The zero-order valence-electron chi connectivity index (χ0n) is 19.4. The van der Waals surface area contributed by atoms with Crippen LogP contribution in [0.4, 0.5) is 21.6 Å². The fourth-order valence-electron chi connectivity index (χ4n) is 4.61. The topological polar surface area (TPSA) is 82.8 Å². The molecule has 8 nitrogen and oxygen atoms in total. The quantitative estimate of drug-likeness (QED) is 0.411. The van der Waals surface area contributed by atoms with Gasteiger partial charge in [0.15, 0.2) is 5.11 Å². The van der Waals surface area contributed by atoms with Gasteiger partial charge in [-0.3, -0.25) is 19.5 Å². The summed E-state index contributed by atoms with van der Waals surface area (Å²) < 4.78 is 15.2. The number of carbonyl (C=O) groups is 2. The molecule has 1 aliphatic heterocycles. The molecule has 180 valence electrons. The zero-order chi connectivity index (χ0) is 25.4. The number of anilines is 2. The average molecular weight is 501 g/mol. The van der Waals surface area contributed by atoms with Crippen LogP contribution in [0.25, 0.3) is 4.85 Å². The van der Waals surface area contributed by atoms with Crippen molar-refractivity contribution in [2.75, 3.05) is 9.80 Å². The van der Waals surface area contributed by atoms with E-state index in [2.05, 4.69) is 20.1 Å². The fraction of sp³-hybridized carbons (Fsp3) is 0.231. The summed E-state index contributed by atoms with van der Waals surface area (Å²) >= 11 is 5.72. The summed E-state index contributed by atoms with van der Waals surface area (Å²) in [4.78, 5) is 40.8. The third-order valence-electron chi connectivity index (χ3n) is 6.62. The standard InChI is InChI=1S/C26H21FN6O2S/c1-16-11-19(15-30-22(16)28-2)32-24(35)26(8-4-9-26)33(25(32)36)18-6-7-20(21(27)12-18)23(34)31-14-17-5-3-10-29-13-17/h3,5-7,10-13,15H,4,8-9,14H2,1H3,(H,31,34). The number of aryl methyl sites for hydroxylation is 1. The van der Waals surface area contributed by atoms with Crippen LogP contribution in [0, 0.1) is 19.3 Å². The average Bonchev–Trinajstić information content (AvgIpc) is 3.09. The highest BCUT2D eigenvalue weighted by Crippen LogP contribution is 2.48. The highest BCUT2D eigenvalue weighted by molar-refractivity contribution is 7.81. The molecular formula is C26H21FN6O2S. The predicted molar refractivity (Wildman–Crippen MR) is 136 cm³/mol. The molecule has 1 N–H and O–H groups in total. The van der Waals surface area contributed by atoms with Gasteiger partial charge in [0, 0.05) is 24.6 Å². The molecule has 1 spiro atoms. The summed E-state index contributed by atoms with van der Waals surface area (Å²) in [5.41, 5.74) is 1.29. The molecule has 0 bridgehead atoms. The Kier molecular flexibility index (Phi) is 5.94. The van der Waals surface area contributed by atoms with Gasteiger partial charge < -0.3 is 15.1 Å². The molecule has 2 amide bonds.